The first-order chi connectivity index (χ1) is 14.6. The Kier molecular flexibility index (Phi) is 6.07. The summed E-state index contributed by atoms with van der Waals surface area (Å²) in [5.74, 6) is 0.513. The molecule has 0 saturated carbocycles. The quantitative estimate of drug-likeness (QED) is 0.658. The summed E-state index contributed by atoms with van der Waals surface area (Å²) in [6.07, 6.45) is 2.64. The molecule has 0 bridgehead atoms. The summed E-state index contributed by atoms with van der Waals surface area (Å²) < 4.78 is 10.7. The molecule has 0 fully saturated rings. The van der Waals surface area contributed by atoms with Gasteiger partial charge in [-0.1, -0.05) is 24.3 Å². The third kappa shape index (κ3) is 4.50. The smallest absolute Gasteiger partial charge is 0.337 e. The number of nitrogens with zero attached hydrogens (tertiary/aromatic N) is 2. The zero-order valence-electron chi connectivity index (χ0n) is 16.8. The number of hydrogen-bond donors (Lipinski definition) is 1. The number of fused-ring (bicyclic) bond motifs is 1. The van der Waals surface area contributed by atoms with Crippen LogP contribution in [0, 0.1) is 0 Å². The highest BCUT2D eigenvalue weighted by Gasteiger charge is 2.19. The van der Waals surface area contributed by atoms with E-state index in [0.717, 1.165) is 41.1 Å². The van der Waals surface area contributed by atoms with Gasteiger partial charge in [0.25, 0.3) is 0 Å². The zero-order valence-corrected chi connectivity index (χ0v) is 16.8. The second-order valence-electron chi connectivity index (χ2n) is 7.30. The van der Waals surface area contributed by atoms with Gasteiger partial charge in [0.2, 0.25) is 0 Å². The minimum absolute atomic E-state index is 0.335. The van der Waals surface area contributed by atoms with Crippen LogP contribution in [0.15, 0.2) is 67.0 Å². The van der Waals surface area contributed by atoms with Gasteiger partial charge in [0.1, 0.15) is 18.5 Å². The molecule has 1 aliphatic rings. The SMILES string of the molecule is COC(=O)c1ccc(CN2CCOc3ccc(C(O)c4cccnc4)cc3C2)cc1. The molecular weight excluding hydrogens is 380 g/mol. The average Bonchev–Trinajstić information content (AvgIpc) is 3.00. The van der Waals surface area contributed by atoms with Crippen molar-refractivity contribution in [3.63, 3.8) is 0 Å². The summed E-state index contributed by atoms with van der Waals surface area (Å²) in [5, 5.41) is 10.7. The minimum Gasteiger partial charge on any atom is -0.492 e. The fourth-order valence-electron chi connectivity index (χ4n) is 3.63. The van der Waals surface area contributed by atoms with Crippen LogP contribution in [0.25, 0.3) is 0 Å². The van der Waals surface area contributed by atoms with Crippen molar-refractivity contribution in [2.24, 2.45) is 0 Å². The fraction of sp³-hybridized carbons (Fsp3) is 0.250. The van der Waals surface area contributed by atoms with Crippen molar-refractivity contribution < 1.29 is 19.4 Å². The number of aliphatic hydroxyl groups excluding tert-OH is 1. The molecular formula is C24H24N2O4. The molecule has 1 aromatic heterocycles. The van der Waals surface area contributed by atoms with Crippen LogP contribution in [-0.4, -0.2) is 41.2 Å². The number of pyridine rings is 1. The average molecular weight is 404 g/mol. The van der Waals surface area contributed by atoms with Crippen LogP contribution >= 0.6 is 0 Å². The van der Waals surface area contributed by atoms with E-state index < -0.39 is 6.10 Å². The minimum atomic E-state index is -0.730. The number of aromatic nitrogens is 1. The third-order valence-electron chi connectivity index (χ3n) is 5.24. The van der Waals surface area contributed by atoms with Crippen molar-refractivity contribution in [2.75, 3.05) is 20.3 Å². The second-order valence-corrected chi connectivity index (χ2v) is 7.30. The molecule has 1 aliphatic heterocycles. The number of hydrogen-bond acceptors (Lipinski definition) is 6. The second kappa shape index (κ2) is 9.07. The number of carbonyl (C=O) groups excluding carboxylic acids is 1. The maximum absolute atomic E-state index is 11.6. The van der Waals surface area contributed by atoms with Gasteiger partial charge in [0, 0.05) is 43.2 Å². The molecule has 6 heteroatoms. The van der Waals surface area contributed by atoms with Crippen LogP contribution in [0.2, 0.25) is 0 Å². The number of methoxy groups -OCH3 is 1. The normalized spacial score (nSPS) is 14.9. The number of benzene rings is 2. The maximum Gasteiger partial charge on any atom is 0.337 e. The first kappa shape index (κ1) is 20.1. The van der Waals surface area contributed by atoms with E-state index in [0.29, 0.717) is 18.7 Å². The van der Waals surface area contributed by atoms with Gasteiger partial charge in [-0.25, -0.2) is 4.79 Å². The number of aliphatic hydroxyl groups is 1. The Morgan fingerprint density at radius 1 is 1.20 bits per heavy atom. The lowest BCUT2D eigenvalue weighted by Crippen LogP contribution is -2.25. The monoisotopic (exact) mass is 404 g/mol. The van der Waals surface area contributed by atoms with Crippen LogP contribution in [0.4, 0.5) is 0 Å². The molecule has 0 radical (unpaired) electrons. The highest BCUT2D eigenvalue weighted by atomic mass is 16.5. The van der Waals surface area contributed by atoms with Crippen molar-refractivity contribution >= 4 is 5.97 Å². The molecule has 2 aromatic carbocycles. The predicted octanol–water partition coefficient (Wildman–Crippen LogP) is 3.34. The number of carbonyl (C=O) groups is 1. The summed E-state index contributed by atoms with van der Waals surface area (Å²) in [7, 11) is 1.38. The Bertz CT molecular complexity index is 1010. The van der Waals surface area contributed by atoms with Crippen LogP contribution in [0.1, 0.15) is 38.7 Å². The van der Waals surface area contributed by atoms with Gasteiger partial charge in [-0.2, -0.15) is 0 Å². The molecule has 154 valence electrons. The van der Waals surface area contributed by atoms with E-state index in [1.54, 1.807) is 24.5 Å². The molecule has 0 saturated heterocycles. The standard InChI is InChI=1S/C24H24N2O4/c1-29-24(28)18-6-4-17(5-7-18)15-26-11-12-30-22-9-8-19(13-21(22)16-26)23(27)20-3-2-10-25-14-20/h2-10,13-14,23,27H,11-12,15-16H2,1H3. The van der Waals surface area contributed by atoms with Gasteiger partial charge < -0.3 is 14.6 Å². The summed E-state index contributed by atoms with van der Waals surface area (Å²) in [6.45, 7) is 2.83. The van der Waals surface area contributed by atoms with Gasteiger partial charge in [-0.3, -0.25) is 9.88 Å². The van der Waals surface area contributed by atoms with Crippen molar-refractivity contribution in [1.29, 1.82) is 0 Å². The van der Waals surface area contributed by atoms with Crippen molar-refractivity contribution in [3.8, 4) is 5.75 Å². The zero-order chi connectivity index (χ0) is 20.9. The Labute approximate surface area is 175 Å². The van der Waals surface area contributed by atoms with Crippen LogP contribution < -0.4 is 4.74 Å². The predicted molar refractivity (Wildman–Crippen MR) is 112 cm³/mol. The number of esters is 1. The Hall–Kier alpha value is -3.22. The Morgan fingerprint density at radius 2 is 2.03 bits per heavy atom. The Morgan fingerprint density at radius 3 is 2.77 bits per heavy atom. The van der Waals surface area contributed by atoms with Gasteiger partial charge >= 0.3 is 5.97 Å². The first-order valence-electron chi connectivity index (χ1n) is 9.87. The van der Waals surface area contributed by atoms with Gasteiger partial charge in [-0.15, -0.1) is 0 Å². The molecule has 6 nitrogen and oxygen atoms in total. The highest BCUT2D eigenvalue weighted by molar-refractivity contribution is 5.89. The molecule has 1 atom stereocenters. The maximum atomic E-state index is 11.6. The fourth-order valence-corrected chi connectivity index (χ4v) is 3.63. The van der Waals surface area contributed by atoms with E-state index in [2.05, 4.69) is 9.88 Å². The number of rotatable bonds is 5. The third-order valence-corrected chi connectivity index (χ3v) is 5.24. The van der Waals surface area contributed by atoms with Gasteiger partial charge in [0.05, 0.1) is 12.7 Å². The topological polar surface area (TPSA) is 71.9 Å². The summed E-state index contributed by atoms with van der Waals surface area (Å²) in [4.78, 5) is 18.0. The molecule has 1 unspecified atom stereocenters. The van der Waals surface area contributed by atoms with Gasteiger partial charge in [0.15, 0.2) is 0 Å². The molecule has 0 spiro atoms. The first-order valence-corrected chi connectivity index (χ1v) is 9.87. The van der Waals surface area contributed by atoms with Crippen molar-refractivity contribution in [2.45, 2.75) is 19.2 Å². The molecule has 30 heavy (non-hydrogen) atoms. The van der Waals surface area contributed by atoms with E-state index in [4.69, 9.17) is 9.47 Å². The van der Waals surface area contributed by atoms with Crippen molar-refractivity contribution in [1.82, 2.24) is 9.88 Å². The molecule has 3 aromatic rings. The summed E-state index contributed by atoms with van der Waals surface area (Å²) in [6, 6.07) is 17.0. The largest absolute Gasteiger partial charge is 0.492 e. The van der Waals surface area contributed by atoms with E-state index in [1.165, 1.54) is 7.11 Å². The summed E-state index contributed by atoms with van der Waals surface area (Å²) in [5.41, 5.74) is 4.26. The van der Waals surface area contributed by atoms with E-state index in [-0.39, 0.29) is 5.97 Å². The number of ether oxygens (including phenoxy) is 2. The van der Waals surface area contributed by atoms with Crippen molar-refractivity contribution in [3.05, 3.63) is 94.8 Å². The molecule has 0 aliphatic carbocycles. The lowest BCUT2D eigenvalue weighted by molar-refractivity contribution is 0.0600. The van der Waals surface area contributed by atoms with E-state index in [9.17, 15) is 9.90 Å². The lowest BCUT2D eigenvalue weighted by atomic mass is 10.00. The van der Waals surface area contributed by atoms with Gasteiger partial charge in [-0.05, 0) is 41.5 Å². The molecule has 2 heterocycles. The highest BCUT2D eigenvalue weighted by Crippen LogP contribution is 2.29. The molecule has 0 amide bonds. The summed E-state index contributed by atoms with van der Waals surface area (Å²) >= 11 is 0. The Balaban J connectivity index is 1.50. The van der Waals surface area contributed by atoms with E-state index >= 15 is 0 Å². The molecule has 1 N–H and O–H groups in total. The van der Waals surface area contributed by atoms with Crippen LogP contribution in [0.3, 0.4) is 0 Å². The van der Waals surface area contributed by atoms with E-state index in [1.807, 2.05) is 42.5 Å². The van der Waals surface area contributed by atoms with Crippen LogP contribution in [-0.2, 0) is 17.8 Å². The molecule has 4 rings (SSSR count). The van der Waals surface area contributed by atoms with Crippen LogP contribution in [0.5, 0.6) is 5.75 Å². The lowest BCUT2D eigenvalue weighted by Gasteiger charge is -2.20.